The zero-order chi connectivity index (χ0) is 20.6. The highest BCUT2D eigenvalue weighted by Gasteiger charge is 2.20. The molecular formula is C24H33FN2O2. The Morgan fingerprint density at radius 1 is 1.21 bits per heavy atom. The molecule has 2 heterocycles. The summed E-state index contributed by atoms with van der Waals surface area (Å²) >= 11 is 0. The third-order valence-corrected chi connectivity index (χ3v) is 6.01. The molecule has 1 amide bonds. The van der Waals surface area contributed by atoms with E-state index in [1.807, 2.05) is 13.0 Å². The molecule has 0 spiro atoms. The number of carbonyl (C=O) groups excluding carboxylic acids is 1. The Balaban J connectivity index is 1.28. The van der Waals surface area contributed by atoms with Crippen LogP contribution in [-0.2, 0) is 11.3 Å². The summed E-state index contributed by atoms with van der Waals surface area (Å²) in [4.78, 5) is 14.6. The molecular weight excluding hydrogens is 367 g/mol. The molecule has 3 rings (SSSR count). The zero-order valence-electron chi connectivity index (χ0n) is 17.6. The van der Waals surface area contributed by atoms with Crippen LogP contribution in [0.2, 0.25) is 0 Å². The summed E-state index contributed by atoms with van der Waals surface area (Å²) < 4.78 is 18.6. The van der Waals surface area contributed by atoms with Crippen LogP contribution >= 0.6 is 0 Å². The van der Waals surface area contributed by atoms with Gasteiger partial charge in [0.25, 0.3) is 0 Å². The Hall–Kier alpha value is -2.14. The average Bonchev–Trinajstić information content (AvgIpc) is 3.17. The number of nitrogens with one attached hydrogen (secondary N) is 1. The lowest BCUT2D eigenvalue weighted by molar-refractivity contribution is -0.121. The van der Waals surface area contributed by atoms with Crippen molar-refractivity contribution in [3.8, 4) is 0 Å². The highest BCUT2D eigenvalue weighted by Crippen LogP contribution is 2.25. The number of nitrogens with zero attached hydrogens (tertiary/aromatic N) is 1. The van der Waals surface area contributed by atoms with E-state index in [1.54, 1.807) is 12.1 Å². The van der Waals surface area contributed by atoms with Gasteiger partial charge in [-0.25, -0.2) is 4.39 Å². The largest absolute Gasteiger partial charge is 0.466 e. The highest BCUT2D eigenvalue weighted by molar-refractivity contribution is 5.75. The van der Waals surface area contributed by atoms with Crippen molar-refractivity contribution in [1.29, 1.82) is 0 Å². The highest BCUT2D eigenvalue weighted by atomic mass is 19.1. The number of carbonyl (C=O) groups is 1. The summed E-state index contributed by atoms with van der Waals surface area (Å²) in [5.41, 5.74) is 0.923. The van der Waals surface area contributed by atoms with Gasteiger partial charge in [-0.3, -0.25) is 4.79 Å². The van der Waals surface area contributed by atoms with E-state index in [2.05, 4.69) is 23.2 Å². The van der Waals surface area contributed by atoms with E-state index in [9.17, 15) is 9.18 Å². The van der Waals surface area contributed by atoms with Gasteiger partial charge in [-0.1, -0.05) is 19.1 Å². The lowest BCUT2D eigenvalue weighted by Gasteiger charge is -2.32. The molecule has 1 aliphatic heterocycles. The Labute approximate surface area is 173 Å². The molecule has 2 aromatic rings. The fourth-order valence-electron chi connectivity index (χ4n) is 3.96. The number of likely N-dealkylation sites (tertiary alicyclic amines) is 1. The number of aryl methyl sites for hydroxylation is 1. The molecule has 0 aliphatic carbocycles. The molecule has 5 heteroatoms. The second kappa shape index (κ2) is 10.6. The topological polar surface area (TPSA) is 45.5 Å². The Morgan fingerprint density at radius 2 is 1.93 bits per heavy atom. The van der Waals surface area contributed by atoms with Crippen molar-refractivity contribution in [3.05, 3.63) is 59.3 Å². The van der Waals surface area contributed by atoms with Crippen LogP contribution in [-0.4, -0.2) is 30.4 Å². The van der Waals surface area contributed by atoms with E-state index in [0.29, 0.717) is 24.8 Å². The van der Waals surface area contributed by atoms with E-state index in [0.717, 1.165) is 49.6 Å². The smallest absolute Gasteiger partial charge is 0.220 e. The first-order chi connectivity index (χ1) is 14.0. The molecule has 1 atom stereocenters. The average molecular weight is 401 g/mol. The normalized spacial score (nSPS) is 16.7. The van der Waals surface area contributed by atoms with Gasteiger partial charge < -0.3 is 14.6 Å². The third-order valence-electron chi connectivity index (χ3n) is 6.01. The maximum absolute atomic E-state index is 12.9. The van der Waals surface area contributed by atoms with E-state index in [1.165, 1.54) is 25.0 Å². The van der Waals surface area contributed by atoms with Crippen molar-refractivity contribution < 1.29 is 13.6 Å². The van der Waals surface area contributed by atoms with Gasteiger partial charge in [-0.2, -0.15) is 0 Å². The zero-order valence-corrected chi connectivity index (χ0v) is 17.6. The molecule has 1 aliphatic rings. The van der Waals surface area contributed by atoms with Crippen LogP contribution in [0, 0.1) is 18.7 Å². The minimum Gasteiger partial charge on any atom is -0.466 e. The summed E-state index contributed by atoms with van der Waals surface area (Å²) in [6, 6.07) is 10.4. The first-order valence-corrected chi connectivity index (χ1v) is 10.8. The van der Waals surface area contributed by atoms with Crippen molar-refractivity contribution in [2.75, 3.05) is 19.6 Å². The van der Waals surface area contributed by atoms with Crippen LogP contribution in [0.1, 0.15) is 62.0 Å². The summed E-state index contributed by atoms with van der Waals surface area (Å²) in [5.74, 6) is 2.98. The second-order valence-corrected chi connectivity index (χ2v) is 8.37. The van der Waals surface area contributed by atoms with Gasteiger partial charge in [-0.15, -0.1) is 0 Å². The molecule has 0 unspecified atom stereocenters. The van der Waals surface area contributed by atoms with Crippen molar-refractivity contribution >= 4 is 5.91 Å². The molecule has 1 saturated heterocycles. The van der Waals surface area contributed by atoms with Crippen LogP contribution < -0.4 is 5.32 Å². The SMILES string of the molecule is Cc1ccc([C@H](C)CCN2CCC(CCC(=O)NCc3ccc(F)cc3)CC2)o1. The van der Waals surface area contributed by atoms with Gasteiger partial charge in [0.05, 0.1) is 0 Å². The predicted molar refractivity (Wildman–Crippen MR) is 113 cm³/mol. The summed E-state index contributed by atoms with van der Waals surface area (Å²) in [6.07, 6.45) is 4.97. The molecule has 0 bridgehead atoms. The summed E-state index contributed by atoms with van der Waals surface area (Å²) in [5, 5.41) is 2.94. The predicted octanol–water partition coefficient (Wildman–Crippen LogP) is 5.03. The lowest BCUT2D eigenvalue weighted by Crippen LogP contribution is -2.35. The molecule has 0 radical (unpaired) electrons. The van der Waals surface area contributed by atoms with E-state index >= 15 is 0 Å². The van der Waals surface area contributed by atoms with E-state index in [-0.39, 0.29) is 11.7 Å². The van der Waals surface area contributed by atoms with Crippen LogP contribution in [0.3, 0.4) is 0 Å². The summed E-state index contributed by atoms with van der Waals surface area (Å²) in [6.45, 7) is 8.02. The van der Waals surface area contributed by atoms with Gasteiger partial charge >= 0.3 is 0 Å². The van der Waals surface area contributed by atoms with Gasteiger partial charge in [0.1, 0.15) is 17.3 Å². The number of furan rings is 1. The molecule has 0 saturated carbocycles. The van der Waals surface area contributed by atoms with Crippen LogP contribution in [0.4, 0.5) is 4.39 Å². The van der Waals surface area contributed by atoms with Crippen LogP contribution in [0.15, 0.2) is 40.8 Å². The maximum Gasteiger partial charge on any atom is 0.220 e. The number of rotatable bonds is 9. The molecule has 1 aromatic heterocycles. The molecule has 158 valence electrons. The van der Waals surface area contributed by atoms with Crippen molar-refractivity contribution in [2.45, 2.75) is 58.4 Å². The van der Waals surface area contributed by atoms with Crippen molar-refractivity contribution in [1.82, 2.24) is 10.2 Å². The maximum atomic E-state index is 12.9. The minimum atomic E-state index is -0.253. The van der Waals surface area contributed by atoms with E-state index < -0.39 is 0 Å². The molecule has 1 fully saturated rings. The molecule has 1 aromatic carbocycles. The number of piperidine rings is 1. The summed E-state index contributed by atoms with van der Waals surface area (Å²) in [7, 11) is 0. The van der Waals surface area contributed by atoms with Gasteiger partial charge in [0, 0.05) is 18.9 Å². The first-order valence-electron chi connectivity index (χ1n) is 10.8. The molecule has 4 nitrogen and oxygen atoms in total. The molecule has 1 N–H and O–H groups in total. The quantitative estimate of drug-likeness (QED) is 0.642. The second-order valence-electron chi connectivity index (χ2n) is 8.37. The van der Waals surface area contributed by atoms with Crippen molar-refractivity contribution in [2.24, 2.45) is 5.92 Å². The van der Waals surface area contributed by atoms with E-state index in [4.69, 9.17) is 4.42 Å². The minimum absolute atomic E-state index is 0.0827. The van der Waals surface area contributed by atoms with Crippen molar-refractivity contribution in [3.63, 3.8) is 0 Å². The Kier molecular flexibility index (Phi) is 7.87. The molecule has 29 heavy (non-hydrogen) atoms. The number of hydrogen-bond donors (Lipinski definition) is 1. The third kappa shape index (κ3) is 7.00. The number of hydrogen-bond acceptors (Lipinski definition) is 3. The fourth-order valence-corrected chi connectivity index (χ4v) is 3.96. The number of amides is 1. The lowest BCUT2D eigenvalue weighted by atomic mass is 9.91. The fraction of sp³-hybridized carbons (Fsp3) is 0.542. The Morgan fingerprint density at radius 3 is 2.59 bits per heavy atom. The van der Waals surface area contributed by atoms with Gasteiger partial charge in [0.2, 0.25) is 5.91 Å². The standard InChI is InChI=1S/C24H33FN2O2/c1-18(23-9-3-19(2)29-23)11-14-27-15-12-20(13-16-27)6-10-24(28)26-17-21-4-7-22(25)8-5-21/h3-5,7-9,18,20H,6,10-17H2,1-2H3,(H,26,28)/t18-/m1/s1. The van der Waals surface area contributed by atoms with Crippen LogP contribution in [0.5, 0.6) is 0 Å². The van der Waals surface area contributed by atoms with Crippen LogP contribution in [0.25, 0.3) is 0 Å². The number of benzene rings is 1. The Bertz CT molecular complexity index is 763. The number of halogens is 1. The van der Waals surface area contributed by atoms with Gasteiger partial charge in [0.15, 0.2) is 0 Å². The first kappa shape index (κ1) is 21.6. The monoisotopic (exact) mass is 400 g/mol. The van der Waals surface area contributed by atoms with Gasteiger partial charge in [-0.05, 0) is 88.0 Å².